The quantitative estimate of drug-likeness (QED) is 0.159. The fraction of sp³-hybridized carbons (Fsp3) is 0.556. The van der Waals surface area contributed by atoms with Gasteiger partial charge in [-0.25, -0.2) is 0 Å². The van der Waals surface area contributed by atoms with Gasteiger partial charge < -0.3 is 0 Å². The van der Waals surface area contributed by atoms with E-state index in [9.17, 15) is 0 Å². The van der Waals surface area contributed by atoms with Crippen molar-refractivity contribution in [3.63, 3.8) is 0 Å². The zero-order chi connectivity index (χ0) is 28.9. The van der Waals surface area contributed by atoms with Crippen LogP contribution in [0.4, 0.5) is 0 Å². The van der Waals surface area contributed by atoms with Crippen LogP contribution >= 0.6 is 17.2 Å². The summed E-state index contributed by atoms with van der Waals surface area (Å²) in [6.45, 7) is 14.3. The van der Waals surface area contributed by atoms with Gasteiger partial charge in [0.05, 0.1) is 0 Å². The topological polar surface area (TPSA) is 0 Å². The Hall–Kier alpha value is -0.413. The molecule has 2 atom stereocenters. The molecule has 0 spiro atoms. The summed E-state index contributed by atoms with van der Waals surface area (Å²) in [5, 5.41) is 0. The molecule has 219 valence electrons. The number of rotatable bonds is 15. The average molecular weight is 763 g/mol. The molecule has 2 aromatic carbocycles. The van der Waals surface area contributed by atoms with Gasteiger partial charge in [0.1, 0.15) is 0 Å². The van der Waals surface area contributed by atoms with Crippen molar-refractivity contribution in [2.45, 2.75) is 125 Å². The van der Waals surface area contributed by atoms with Gasteiger partial charge in [-0.15, -0.1) is 0 Å². The fourth-order valence-corrected chi connectivity index (χ4v) is 52.3. The van der Waals surface area contributed by atoms with E-state index in [1.165, 1.54) is 73.6 Å². The molecule has 4 rings (SSSR count). The van der Waals surface area contributed by atoms with Crippen LogP contribution in [-0.4, -0.2) is 5.98 Å². The third kappa shape index (κ3) is 5.74. The van der Waals surface area contributed by atoms with Crippen molar-refractivity contribution < 1.29 is 15.3 Å². The van der Waals surface area contributed by atoms with Crippen molar-refractivity contribution in [1.29, 1.82) is 0 Å². The van der Waals surface area contributed by atoms with Crippen molar-refractivity contribution in [1.82, 2.24) is 0 Å². The number of allylic oxidation sites excluding steroid dienone is 4. The van der Waals surface area contributed by atoms with E-state index in [0.29, 0.717) is 0 Å². The molecule has 0 aliphatic heterocycles. The molecule has 4 heteroatoms. The van der Waals surface area contributed by atoms with Crippen molar-refractivity contribution >= 4 is 34.3 Å². The van der Waals surface area contributed by atoms with E-state index in [0.717, 1.165) is 25.7 Å². The first-order valence-electron chi connectivity index (χ1n) is 16.5. The Morgan fingerprint density at radius 3 is 1.27 bits per heavy atom. The second-order valence-corrected chi connectivity index (χ2v) is 72.1. The zero-order valence-corrected chi connectivity index (χ0v) is 32.4. The molecule has 0 nitrogen and oxygen atoms in total. The van der Waals surface area contributed by atoms with Crippen LogP contribution in [0, 0.1) is 0 Å². The van der Waals surface area contributed by atoms with E-state index in [-0.39, 0.29) is 7.35 Å². The Bertz CT molecular complexity index is 1150. The van der Waals surface area contributed by atoms with Crippen LogP contribution in [0.25, 0.3) is 11.1 Å². The van der Waals surface area contributed by atoms with E-state index in [1.54, 1.807) is 22.3 Å². The molecule has 0 bridgehead atoms. The minimum absolute atomic E-state index is 0.252. The van der Waals surface area contributed by atoms with Gasteiger partial charge in [-0.05, 0) is 0 Å². The van der Waals surface area contributed by atoms with Crippen LogP contribution < -0.4 is 0 Å². The summed E-state index contributed by atoms with van der Waals surface area (Å²) in [6, 6.07) is 18.6. The first kappa shape index (κ1) is 32.5. The molecule has 0 heterocycles. The number of hydrogen-bond acceptors (Lipinski definition) is 0. The molecule has 0 amide bonds. The number of hydrogen-bond donors (Lipinski definition) is 0. The van der Waals surface area contributed by atoms with Crippen molar-refractivity contribution in [2.75, 3.05) is 0 Å². The zero-order valence-electron chi connectivity index (χ0n) is 26.1. The van der Waals surface area contributed by atoms with Crippen LogP contribution in [0.15, 0.2) is 59.7 Å². The van der Waals surface area contributed by atoms with E-state index < -0.39 is 21.3 Å². The molecular formula is C36H53Cl2HfSi. The van der Waals surface area contributed by atoms with E-state index in [1.807, 2.05) is 0 Å². The van der Waals surface area contributed by atoms with Gasteiger partial charge in [-0.1, -0.05) is 0 Å². The summed E-state index contributed by atoms with van der Waals surface area (Å²) in [5.74, 6) is -1.51. The van der Waals surface area contributed by atoms with Gasteiger partial charge in [0, 0.05) is 0 Å². The van der Waals surface area contributed by atoms with Crippen LogP contribution in [0.2, 0.25) is 13.1 Å². The van der Waals surface area contributed by atoms with Crippen molar-refractivity contribution in [2.24, 2.45) is 0 Å². The molecule has 0 saturated heterocycles. The van der Waals surface area contributed by atoms with Crippen LogP contribution in [0.1, 0.15) is 134 Å². The Labute approximate surface area is 254 Å². The summed E-state index contributed by atoms with van der Waals surface area (Å²) in [4.78, 5) is 0. The first-order valence-corrected chi connectivity index (χ1v) is 38.6. The predicted octanol–water partition coefficient (Wildman–Crippen LogP) is 12.7. The number of fused-ring (bicyclic) bond motifs is 2. The predicted molar refractivity (Wildman–Crippen MR) is 181 cm³/mol. The summed E-state index contributed by atoms with van der Waals surface area (Å²) >= 11 is -4.84. The van der Waals surface area contributed by atoms with Crippen LogP contribution in [-0.2, 0) is 15.3 Å². The van der Waals surface area contributed by atoms with E-state index in [4.69, 9.17) is 17.2 Å². The maximum atomic E-state index is 8.72. The van der Waals surface area contributed by atoms with Gasteiger partial charge in [-0.2, -0.15) is 0 Å². The van der Waals surface area contributed by atoms with Crippen molar-refractivity contribution in [3.05, 3.63) is 81.9 Å². The third-order valence-corrected chi connectivity index (χ3v) is 82.7. The molecule has 40 heavy (non-hydrogen) atoms. The summed E-state index contributed by atoms with van der Waals surface area (Å²) in [6.07, 6.45) is 14.4. The molecule has 0 radical (unpaired) electrons. The molecular weight excluding hydrogens is 710 g/mol. The second kappa shape index (κ2) is 13.9. The second-order valence-electron chi connectivity index (χ2n) is 12.8. The van der Waals surface area contributed by atoms with E-state index >= 15 is 0 Å². The Morgan fingerprint density at radius 2 is 0.925 bits per heavy atom. The van der Waals surface area contributed by atoms with E-state index in [2.05, 4.69) is 89.3 Å². The minimum atomic E-state index is -4.84. The van der Waals surface area contributed by atoms with Gasteiger partial charge in [0.25, 0.3) is 0 Å². The maximum absolute atomic E-state index is 8.72. The SMILES string of the molecule is CCCCC1=C(CCCC)[CH]([Hf]([Cl])([Cl])([CH]2C(CCCC)=C(CCCC)c3ccccc32)[SiH](C)C)c2ccccc21. The van der Waals surface area contributed by atoms with Gasteiger partial charge in [-0.3, -0.25) is 0 Å². The monoisotopic (exact) mass is 763 g/mol. The van der Waals surface area contributed by atoms with Gasteiger partial charge in [0.2, 0.25) is 0 Å². The normalized spacial score (nSPS) is 19.8. The Kier molecular flexibility index (Phi) is 11.3. The Balaban J connectivity index is 2.04. The number of unbranched alkanes of at least 4 members (excludes halogenated alkanes) is 4. The number of benzene rings is 2. The molecule has 2 aliphatic carbocycles. The molecule has 0 aromatic heterocycles. The van der Waals surface area contributed by atoms with Gasteiger partial charge >= 0.3 is 257 Å². The third-order valence-electron chi connectivity index (χ3n) is 10.0. The molecule has 0 N–H and O–H groups in total. The van der Waals surface area contributed by atoms with Crippen molar-refractivity contribution in [3.8, 4) is 0 Å². The van der Waals surface area contributed by atoms with Crippen LogP contribution in [0.3, 0.4) is 0 Å². The molecule has 0 saturated carbocycles. The fourth-order valence-electron chi connectivity index (χ4n) is 7.83. The number of halogens is 2. The molecule has 2 unspecified atom stereocenters. The standard InChI is InChI=1S/2C17H23.C2H7Si.2ClH.Hf/c2*1-3-5-9-14-13-15-10-7-8-12-17(15)16(14)11-6-4-2;1-3-2;;;/h2*7-8,10,12-13H,3-6,9,11H2,1-2H3;3H,1-2H3;2*1H;/q;;;;;+2/p-2. The molecule has 2 aromatic rings. The summed E-state index contributed by atoms with van der Waals surface area (Å²) in [7, 11) is 17.4. The summed E-state index contributed by atoms with van der Waals surface area (Å²) in [5.41, 5.74) is 12.4. The molecule has 2 aliphatic rings. The molecule has 0 fully saturated rings. The van der Waals surface area contributed by atoms with Crippen LogP contribution in [0.5, 0.6) is 0 Å². The Morgan fingerprint density at radius 1 is 0.575 bits per heavy atom. The van der Waals surface area contributed by atoms with Gasteiger partial charge in [0.15, 0.2) is 0 Å². The summed E-state index contributed by atoms with van der Waals surface area (Å²) < 4.78 is 0.503. The average Bonchev–Trinajstić information content (AvgIpc) is 3.45. The first-order chi connectivity index (χ1) is 19.3.